The second kappa shape index (κ2) is 2.57. The van der Waals surface area contributed by atoms with E-state index >= 15 is 0 Å². The van der Waals surface area contributed by atoms with Gasteiger partial charge in [-0.2, -0.15) is 16.8 Å². The van der Waals surface area contributed by atoms with Crippen molar-refractivity contribution in [2.45, 2.75) is 0 Å². The maximum absolute atomic E-state index is 9.88. The van der Waals surface area contributed by atoms with Crippen LogP contribution < -0.4 is 10.3 Å². The highest BCUT2D eigenvalue weighted by molar-refractivity contribution is 7.90. The number of hydrogen-bond donors (Lipinski definition) is 2. The van der Waals surface area contributed by atoms with Crippen LogP contribution in [0.25, 0.3) is 0 Å². The maximum atomic E-state index is 9.88. The van der Waals surface area contributed by atoms with Gasteiger partial charge in [0.1, 0.15) is 0 Å². The van der Waals surface area contributed by atoms with Crippen LogP contribution in [0, 0.1) is 0 Å². The molecule has 0 rings (SSSR count). The van der Waals surface area contributed by atoms with Gasteiger partial charge in [-0.25, -0.2) is 10.3 Å². The third-order valence-electron chi connectivity index (χ3n) is 0.261. The molecule has 0 aromatic carbocycles. The highest BCUT2D eigenvalue weighted by Crippen LogP contribution is 1.85. The zero-order chi connectivity index (χ0) is 8.41. The van der Waals surface area contributed by atoms with Crippen LogP contribution in [0.3, 0.4) is 0 Å². The SMILES string of the molecule is NS(=O)(=O)N=NS(N)(=O)=O. The van der Waals surface area contributed by atoms with E-state index in [1.54, 1.807) is 0 Å². The normalized spacial score (nSPS) is 14.2. The molecule has 0 saturated heterocycles. The van der Waals surface area contributed by atoms with E-state index in [0.29, 0.717) is 0 Å². The Morgan fingerprint density at radius 2 is 1.00 bits per heavy atom. The minimum Gasteiger partial charge on any atom is -0.208 e. The summed E-state index contributed by atoms with van der Waals surface area (Å²) in [5.41, 5.74) is 0. The zero-order valence-electron chi connectivity index (χ0n) is 4.50. The Morgan fingerprint density at radius 3 is 1.10 bits per heavy atom. The first-order valence-corrected chi connectivity index (χ1v) is 4.71. The van der Waals surface area contributed by atoms with Crippen molar-refractivity contribution in [3.63, 3.8) is 0 Å². The molecule has 0 fully saturated rings. The molecule has 0 unspecified atom stereocenters. The van der Waals surface area contributed by atoms with Gasteiger partial charge in [0.2, 0.25) is 0 Å². The fraction of sp³-hybridized carbons (Fsp3) is 0. The Balaban J connectivity index is 4.64. The van der Waals surface area contributed by atoms with E-state index in [2.05, 4.69) is 19.3 Å². The largest absolute Gasteiger partial charge is 0.335 e. The van der Waals surface area contributed by atoms with Crippen molar-refractivity contribution >= 4 is 20.4 Å². The van der Waals surface area contributed by atoms with Crippen molar-refractivity contribution in [2.75, 3.05) is 0 Å². The molecule has 10 heteroatoms. The van der Waals surface area contributed by atoms with E-state index in [-0.39, 0.29) is 0 Å². The van der Waals surface area contributed by atoms with Crippen molar-refractivity contribution in [3.8, 4) is 0 Å². The minimum atomic E-state index is -4.26. The van der Waals surface area contributed by atoms with Gasteiger partial charge in [-0.05, 0) is 9.04 Å². The fourth-order valence-electron chi connectivity index (χ4n) is 0.0929. The number of nitrogens with zero attached hydrogens (tertiary/aromatic N) is 2. The molecule has 0 aliphatic carbocycles. The van der Waals surface area contributed by atoms with Gasteiger partial charge in [0.15, 0.2) is 0 Å². The van der Waals surface area contributed by atoms with Crippen LogP contribution >= 0.6 is 0 Å². The van der Waals surface area contributed by atoms with Gasteiger partial charge in [0, 0.05) is 0 Å². The van der Waals surface area contributed by atoms with E-state index in [9.17, 15) is 16.8 Å². The molecule has 0 atom stereocenters. The summed E-state index contributed by atoms with van der Waals surface area (Å²) in [5.74, 6) is 0. The molecule has 0 saturated carbocycles. The summed E-state index contributed by atoms with van der Waals surface area (Å²) in [6.45, 7) is 0. The lowest BCUT2D eigenvalue weighted by Gasteiger charge is -1.82. The molecule has 0 bridgehead atoms. The van der Waals surface area contributed by atoms with E-state index in [1.807, 2.05) is 0 Å². The molecule has 10 heavy (non-hydrogen) atoms. The van der Waals surface area contributed by atoms with Crippen molar-refractivity contribution < 1.29 is 16.8 Å². The van der Waals surface area contributed by atoms with Crippen molar-refractivity contribution in [2.24, 2.45) is 19.3 Å². The monoisotopic (exact) mass is 188 g/mol. The summed E-state index contributed by atoms with van der Waals surface area (Å²) in [6.07, 6.45) is 0. The first-order valence-electron chi connectivity index (χ1n) is 1.70. The Morgan fingerprint density at radius 1 is 0.800 bits per heavy atom. The highest BCUT2D eigenvalue weighted by Gasteiger charge is 2.01. The minimum absolute atomic E-state index is 2.19. The van der Waals surface area contributed by atoms with Crippen LogP contribution in [0.15, 0.2) is 9.04 Å². The third kappa shape index (κ3) is 7.42. The van der Waals surface area contributed by atoms with Crippen molar-refractivity contribution in [3.05, 3.63) is 0 Å². The molecule has 0 heterocycles. The molecule has 0 aliphatic rings. The molecule has 0 aromatic rings. The molecule has 4 N–H and O–H groups in total. The summed E-state index contributed by atoms with van der Waals surface area (Å²) in [4.78, 5) is 0. The first kappa shape index (κ1) is 9.42. The Hall–Kier alpha value is -0.580. The lowest BCUT2D eigenvalue weighted by atomic mass is 13.2. The number of rotatable bonds is 2. The quantitative estimate of drug-likeness (QED) is 0.475. The summed E-state index contributed by atoms with van der Waals surface area (Å²) < 4.78 is 43.9. The maximum Gasteiger partial charge on any atom is 0.335 e. The van der Waals surface area contributed by atoms with E-state index in [4.69, 9.17) is 0 Å². The van der Waals surface area contributed by atoms with Crippen LogP contribution in [0.4, 0.5) is 0 Å². The van der Waals surface area contributed by atoms with Crippen molar-refractivity contribution in [1.82, 2.24) is 0 Å². The van der Waals surface area contributed by atoms with E-state index in [1.165, 1.54) is 0 Å². The molecule has 0 aromatic heterocycles. The smallest absolute Gasteiger partial charge is 0.208 e. The predicted molar refractivity (Wildman–Crippen MR) is 31.1 cm³/mol. The van der Waals surface area contributed by atoms with Crippen LogP contribution in [-0.4, -0.2) is 16.8 Å². The molecule has 60 valence electrons. The zero-order valence-corrected chi connectivity index (χ0v) is 6.13. The second-order valence-electron chi connectivity index (χ2n) is 1.19. The summed E-state index contributed by atoms with van der Waals surface area (Å²) >= 11 is 0. The van der Waals surface area contributed by atoms with Crippen LogP contribution in [0.2, 0.25) is 0 Å². The molecular formula is H4N4O4S2. The molecule has 0 amide bonds. The predicted octanol–water partition coefficient (Wildman–Crippen LogP) is -2.15. The van der Waals surface area contributed by atoms with Gasteiger partial charge < -0.3 is 0 Å². The van der Waals surface area contributed by atoms with E-state index in [0.717, 1.165) is 0 Å². The highest BCUT2D eigenvalue weighted by atomic mass is 32.2. The summed E-state index contributed by atoms with van der Waals surface area (Å²) in [7, 11) is -8.52. The van der Waals surface area contributed by atoms with Crippen molar-refractivity contribution in [1.29, 1.82) is 0 Å². The lowest BCUT2D eigenvalue weighted by molar-refractivity contribution is 0.588. The fourth-order valence-corrected chi connectivity index (χ4v) is 0.836. The molecular weight excluding hydrogens is 184 g/mol. The topological polar surface area (TPSA) is 145 Å². The van der Waals surface area contributed by atoms with Crippen LogP contribution in [0.1, 0.15) is 0 Å². The van der Waals surface area contributed by atoms with E-state index < -0.39 is 20.4 Å². The van der Waals surface area contributed by atoms with Gasteiger partial charge in [0.25, 0.3) is 0 Å². The summed E-state index contributed by atoms with van der Waals surface area (Å²) in [5, 5.41) is 8.47. The Kier molecular flexibility index (Phi) is 2.42. The Labute approximate surface area is 57.3 Å². The third-order valence-corrected chi connectivity index (χ3v) is 0.983. The van der Waals surface area contributed by atoms with Gasteiger partial charge in [-0.3, -0.25) is 0 Å². The first-order chi connectivity index (χ1) is 4.21. The molecule has 0 aliphatic heterocycles. The Bertz CT molecular complexity index is 284. The lowest BCUT2D eigenvalue weighted by Crippen LogP contribution is -2.11. The molecule has 0 spiro atoms. The average Bonchev–Trinajstić information content (AvgIpc) is 1.57. The van der Waals surface area contributed by atoms with Crippen LogP contribution in [0.5, 0.6) is 0 Å². The molecule has 0 radical (unpaired) electrons. The standard InChI is InChI=1S/H4N4O4S2/c1-9(5,6)3-4-10(2,7)8/h(H2,1,5,6)(H2,2,7,8). The second-order valence-corrected chi connectivity index (χ2v) is 3.58. The number of nitrogens with two attached hydrogens (primary N) is 2. The van der Waals surface area contributed by atoms with Gasteiger partial charge in [-0.1, -0.05) is 0 Å². The number of hydrogen-bond acceptors (Lipinski definition) is 4. The van der Waals surface area contributed by atoms with Gasteiger partial charge >= 0.3 is 20.4 Å². The average molecular weight is 188 g/mol. The van der Waals surface area contributed by atoms with Gasteiger partial charge in [-0.15, -0.1) is 0 Å². The van der Waals surface area contributed by atoms with Crippen LogP contribution in [-0.2, 0) is 20.4 Å². The summed E-state index contributed by atoms with van der Waals surface area (Å²) in [6, 6.07) is 0. The molecule has 8 nitrogen and oxygen atoms in total. The van der Waals surface area contributed by atoms with Gasteiger partial charge in [0.05, 0.1) is 0 Å².